The fraction of sp³-hybridized carbons (Fsp3) is 0.150. The lowest BCUT2D eigenvalue weighted by Crippen LogP contribution is -2.07. The molecule has 0 unspecified atom stereocenters. The minimum Gasteiger partial charge on any atom is -0.481 e. The predicted molar refractivity (Wildman–Crippen MR) is 111 cm³/mol. The van der Waals surface area contributed by atoms with Gasteiger partial charge in [0.25, 0.3) is 5.89 Å². The van der Waals surface area contributed by atoms with E-state index in [9.17, 15) is 18.0 Å². The maximum absolute atomic E-state index is 12.9. The lowest BCUT2D eigenvalue weighted by molar-refractivity contribution is -0.138. The van der Waals surface area contributed by atoms with Crippen molar-refractivity contribution in [2.75, 3.05) is 0 Å². The lowest BCUT2D eigenvalue weighted by Gasteiger charge is -2.09. The molecule has 30 heavy (non-hydrogen) atoms. The van der Waals surface area contributed by atoms with Gasteiger partial charge in [-0.2, -0.15) is 18.2 Å². The van der Waals surface area contributed by atoms with Crippen LogP contribution in [0.25, 0.3) is 33.7 Å². The van der Waals surface area contributed by atoms with Crippen LogP contribution in [0, 0.1) is 3.57 Å². The Morgan fingerprint density at radius 2 is 1.90 bits per heavy atom. The zero-order valence-corrected chi connectivity index (χ0v) is 17.3. The SMILES string of the molecule is O=C(O)CCn1ccc2cc(-c3noc(-c4ccc(C(F)(F)F)c(I)c4)n3)ccc21. The number of carbonyl (C=O) groups is 1. The van der Waals surface area contributed by atoms with Crippen molar-refractivity contribution >= 4 is 39.5 Å². The molecular formula is C20H13F3IN3O3. The van der Waals surface area contributed by atoms with Crippen molar-refractivity contribution in [1.82, 2.24) is 14.7 Å². The van der Waals surface area contributed by atoms with E-state index in [-0.39, 0.29) is 15.9 Å². The summed E-state index contributed by atoms with van der Waals surface area (Å²) in [7, 11) is 0. The molecule has 0 amide bonds. The van der Waals surface area contributed by atoms with E-state index in [1.54, 1.807) is 28.7 Å². The second-order valence-corrected chi connectivity index (χ2v) is 7.70. The van der Waals surface area contributed by atoms with Gasteiger partial charge in [-0.25, -0.2) is 0 Å². The average Bonchev–Trinajstić information content (AvgIpc) is 3.32. The van der Waals surface area contributed by atoms with Crippen molar-refractivity contribution in [1.29, 1.82) is 0 Å². The molecule has 1 N–H and O–H groups in total. The number of aliphatic carboxylic acids is 1. The van der Waals surface area contributed by atoms with Crippen LogP contribution in [0.1, 0.15) is 12.0 Å². The van der Waals surface area contributed by atoms with Gasteiger partial charge >= 0.3 is 12.1 Å². The van der Waals surface area contributed by atoms with Crippen LogP contribution >= 0.6 is 22.6 Å². The summed E-state index contributed by atoms with van der Waals surface area (Å²) in [6.07, 6.45) is -2.60. The van der Waals surface area contributed by atoms with E-state index in [4.69, 9.17) is 9.63 Å². The number of carboxylic acids is 1. The van der Waals surface area contributed by atoms with Gasteiger partial charge in [0.2, 0.25) is 5.82 Å². The molecule has 2 aromatic carbocycles. The second-order valence-electron chi connectivity index (χ2n) is 6.54. The quantitative estimate of drug-likeness (QED) is 0.349. The van der Waals surface area contributed by atoms with Gasteiger partial charge < -0.3 is 14.2 Å². The number of fused-ring (bicyclic) bond motifs is 1. The summed E-state index contributed by atoms with van der Waals surface area (Å²) in [5, 5.41) is 13.7. The molecule has 4 rings (SSSR count). The van der Waals surface area contributed by atoms with Crippen molar-refractivity contribution in [2.45, 2.75) is 19.1 Å². The Bertz CT molecular complexity index is 1250. The molecule has 0 bridgehead atoms. The fourth-order valence-corrected chi connectivity index (χ4v) is 3.91. The van der Waals surface area contributed by atoms with E-state index < -0.39 is 17.7 Å². The van der Waals surface area contributed by atoms with E-state index in [0.29, 0.717) is 23.5 Å². The number of aromatic nitrogens is 3. The molecule has 0 fully saturated rings. The van der Waals surface area contributed by atoms with Crippen LogP contribution in [-0.4, -0.2) is 25.8 Å². The molecule has 10 heteroatoms. The molecule has 0 saturated carbocycles. The van der Waals surface area contributed by atoms with E-state index >= 15 is 0 Å². The number of alkyl halides is 3. The largest absolute Gasteiger partial charge is 0.481 e. The van der Waals surface area contributed by atoms with E-state index in [2.05, 4.69) is 10.1 Å². The molecule has 0 aliphatic carbocycles. The summed E-state index contributed by atoms with van der Waals surface area (Å²) in [5.74, 6) is -0.443. The number of hydrogen-bond acceptors (Lipinski definition) is 4. The molecule has 154 valence electrons. The third-order valence-electron chi connectivity index (χ3n) is 4.54. The summed E-state index contributed by atoms with van der Waals surface area (Å²) in [6, 6.07) is 11.0. The Balaban J connectivity index is 1.62. The summed E-state index contributed by atoms with van der Waals surface area (Å²) < 4.78 is 46.0. The van der Waals surface area contributed by atoms with Crippen molar-refractivity contribution < 1.29 is 27.6 Å². The molecule has 0 saturated heterocycles. The topological polar surface area (TPSA) is 81.1 Å². The molecule has 4 aromatic rings. The van der Waals surface area contributed by atoms with Gasteiger partial charge in [-0.05, 0) is 65.1 Å². The number of halogens is 4. The van der Waals surface area contributed by atoms with Crippen molar-refractivity contribution in [3.8, 4) is 22.8 Å². The highest BCUT2D eigenvalue weighted by Crippen LogP contribution is 2.35. The summed E-state index contributed by atoms with van der Waals surface area (Å²) in [6.45, 7) is 0.358. The van der Waals surface area contributed by atoms with Crippen LogP contribution in [0.4, 0.5) is 13.2 Å². The van der Waals surface area contributed by atoms with Gasteiger partial charge in [0.15, 0.2) is 0 Å². The first-order valence-electron chi connectivity index (χ1n) is 8.74. The Morgan fingerprint density at radius 1 is 1.13 bits per heavy atom. The Hall–Kier alpha value is -2.89. The highest BCUT2D eigenvalue weighted by Gasteiger charge is 2.33. The highest BCUT2D eigenvalue weighted by molar-refractivity contribution is 14.1. The van der Waals surface area contributed by atoms with Gasteiger partial charge in [0, 0.05) is 38.3 Å². The maximum atomic E-state index is 12.9. The predicted octanol–water partition coefficient (Wildman–Crippen LogP) is 5.46. The van der Waals surface area contributed by atoms with Crippen LogP contribution in [0.15, 0.2) is 53.2 Å². The van der Waals surface area contributed by atoms with Gasteiger partial charge in [-0.1, -0.05) is 5.16 Å². The first-order valence-corrected chi connectivity index (χ1v) is 9.82. The van der Waals surface area contributed by atoms with Gasteiger partial charge in [0.05, 0.1) is 12.0 Å². The molecule has 0 aliphatic heterocycles. The third kappa shape index (κ3) is 4.04. The molecule has 0 radical (unpaired) electrons. The first-order chi connectivity index (χ1) is 14.2. The van der Waals surface area contributed by atoms with Crippen LogP contribution in [0.2, 0.25) is 0 Å². The smallest absolute Gasteiger partial charge is 0.417 e. The highest BCUT2D eigenvalue weighted by atomic mass is 127. The Morgan fingerprint density at radius 3 is 2.60 bits per heavy atom. The number of rotatable bonds is 5. The summed E-state index contributed by atoms with van der Waals surface area (Å²) >= 11 is 1.63. The third-order valence-corrected chi connectivity index (χ3v) is 5.44. The molecule has 6 nitrogen and oxygen atoms in total. The molecule has 0 spiro atoms. The Labute approximate surface area is 181 Å². The summed E-state index contributed by atoms with van der Waals surface area (Å²) in [4.78, 5) is 15.1. The number of nitrogens with zero attached hydrogens (tertiary/aromatic N) is 3. The minimum atomic E-state index is -4.43. The fourth-order valence-electron chi connectivity index (χ4n) is 3.09. The van der Waals surface area contributed by atoms with E-state index in [1.165, 1.54) is 12.1 Å². The zero-order chi connectivity index (χ0) is 21.5. The number of carboxylic acid groups (broad SMARTS) is 1. The Kier molecular flexibility index (Phi) is 5.26. The molecule has 0 aliphatic rings. The van der Waals surface area contributed by atoms with Gasteiger partial charge in [-0.15, -0.1) is 0 Å². The zero-order valence-electron chi connectivity index (χ0n) is 15.2. The van der Waals surface area contributed by atoms with E-state index in [0.717, 1.165) is 17.0 Å². The average molecular weight is 527 g/mol. The van der Waals surface area contributed by atoms with Crippen molar-refractivity contribution in [3.05, 3.63) is 57.8 Å². The number of aryl methyl sites for hydroxylation is 1. The normalized spacial score (nSPS) is 11.9. The maximum Gasteiger partial charge on any atom is 0.417 e. The number of benzene rings is 2. The first kappa shape index (κ1) is 20.4. The number of hydrogen-bond donors (Lipinski definition) is 1. The van der Waals surface area contributed by atoms with Crippen molar-refractivity contribution in [3.63, 3.8) is 0 Å². The molecule has 2 aromatic heterocycles. The van der Waals surface area contributed by atoms with Crippen LogP contribution in [-0.2, 0) is 17.5 Å². The molecule has 0 atom stereocenters. The summed E-state index contributed by atoms with van der Waals surface area (Å²) in [5.41, 5.74) is 1.23. The second kappa shape index (κ2) is 7.74. The molecule has 2 heterocycles. The standard InChI is InChI=1S/C20H13F3IN3O3/c21-20(22,23)14-3-1-13(10-15(14)24)19-25-18(26-30-19)12-2-4-16-11(9-12)5-7-27(16)8-6-17(28)29/h1-5,7,9-10H,6,8H2,(H,28,29). The van der Waals surface area contributed by atoms with Gasteiger partial charge in [0.1, 0.15) is 0 Å². The van der Waals surface area contributed by atoms with Crippen LogP contribution < -0.4 is 0 Å². The van der Waals surface area contributed by atoms with E-state index in [1.807, 2.05) is 29.0 Å². The van der Waals surface area contributed by atoms with Gasteiger partial charge in [-0.3, -0.25) is 4.79 Å². The lowest BCUT2D eigenvalue weighted by atomic mass is 10.1. The minimum absolute atomic E-state index is 0.0195. The molecular weight excluding hydrogens is 514 g/mol. The van der Waals surface area contributed by atoms with Crippen LogP contribution in [0.5, 0.6) is 0 Å². The van der Waals surface area contributed by atoms with Crippen molar-refractivity contribution in [2.24, 2.45) is 0 Å². The van der Waals surface area contributed by atoms with Crippen LogP contribution in [0.3, 0.4) is 0 Å². The monoisotopic (exact) mass is 527 g/mol.